The van der Waals surface area contributed by atoms with Crippen molar-refractivity contribution in [3.05, 3.63) is 89.5 Å². The van der Waals surface area contributed by atoms with Crippen LogP contribution in [0, 0.1) is 0 Å². The monoisotopic (exact) mass is 493 g/mol. The molecule has 0 saturated carbocycles. The van der Waals surface area contributed by atoms with E-state index in [1.165, 1.54) is 6.07 Å². The normalized spacial score (nSPS) is 13.9. The molecule has 0 saturated heterocycles. The van der Waals surface area contributed by atoms with Crippen molar-refractivity contribution in [3.8, 4) is 5.75 Å². The maximum atomic E-state index is 13.3. The van der Waals surface area contributed by atoms with Crippen LogP contribution in [0.1, 0.15) is 23.1 Å². The van der Waals surface area contributed by atoms with Crippen molar-refractivity contribution < 1.29 is 22.7 Å². The van der Waals surface area contributed by atoms with Crippen molar-refractivity contribution in [1.29, 1.82) is 0 Å². The lowest BCUT2D eigenvalue weighted by Crippen LogP contribution is -2.47. The number of methoxy groups -OCH3 is 1. The van der Waals surface area contributed by atoms with Crippen LogP contribution in [-0.4, -0.2) is 33.4 Å². The van der Waals surface area contributed by atoms with Gasteiger partial charge in [0.05, 0.1) is 12.0 Å². The fraction of sp³-hybridized carbons (Fsp3) is 0.231. The summed E-state index contributed by atoms with van der Waals surface area (Å²) in [6, 6.07) is 20.1. The van der Waals surface area contributed by atoms with Gasteiger partial charge in [-0.3, -0.25) is 9.59 Å². The largest absolute Gasteiger partial charge is 0.497 e. The van der Waals surface area contributed by atoms with Crippen molar-refractivity contribution in [2.75, 3.05) is 12.4 Å². The van der Waals surface area contributed by atoms with E-state index in [0.29, 0.717) is 24.3 Å². The lowest BCUT2D eigenvalue weighted by Gasteiger charge is -2.21. The fourth-order valence-corrected chi connectivity index (χ4v) is 5.16. The number of hydrogen-bond acceptors (Lipinski definition) is 5. The van der Waals surface area contributed by atoms with Crippen LogP contribution in [0.15, 0.2) is 77.7 Å². The Balaban J connectivity index is 1.53. The maximum absolute atomic E-state index is 13.3. The molecule has 2 amide bonds. The Morgan fingerprint density at radius 3 is 2.54 bits per heavy atom. The van der Waals surface area contributed by atoms with Gasteiger partial charge in [-0.25, -0.2) is 8.42 Å². The Kier molecular flexibility index (Phi) is 7.48. The minimum absolute atomic E-state index is 0.0473. The molecular weight excluding hydrogens is 466 g/mol. The van der Waals surface area contributed by atoms with Crippen LogP contribution in [-0.2, 0) is 39.0 Å². The SMILES string of the molecule is COc1cccc(CNC(=O)[C@H](Cc2ccccc2)NS(=O)(=O)c2ccc3c(c2)CCC(=O)N3)c1. The van der Waals surface area contributed by atoms with Crippen LogP contribution in [0.3, 0.4) is 0 Å². The van der Waals surface area contributed by atoms with Crippen LogP contribution >= 0.6 is 0 Å². The number of sulfonamides is 1. The topological polar surface area (TPSA) is 114 Å². The average Bonchev–Trinajstić information content (AvgIpc) is 2.87. The summed E-state index contributed by atoms with van der Waals surface area (Å²) >= 11 is 0. The molecule has 3 aromatic carbocycles. The van der Waals surface area contributed by atoms with Crippen molar-refractivity contribution in [1.82, 2.24) is 10.0 Å². The molecular formula is C26H27N3O5S. The zero-order valence-electron chi connectivity index (χ0n) is 19.3. The minimum atomic E-state index is -4.01. The molecule has 0 bridgehead atoms. The molecule has 35 heavy (non-hydrogen) atoms. The smallest absolute Gasteiger partial charge is 0.241 e. The van der Waals surface area contributed by atoms with Gasteiger partial charge in [0.25, 0.3) is 0 Å². The summed E-state index contributed by atoms with van der Waals surface area (Å²) in [6.45, 7) is 0.224. The highest BCUT2D eigenvalue weighted by molar-refractivity contribution is 7.89. The van der Waals surface area contributed by atoms with Crippen molar-refractivity contribution in [3.63, 3.8) is 0 Å². The van der Waals surface area contributed by atoms with Crippen LogP contribution in [0.4, 0.5) is 5.69 Å². The molecule has 0 aromatic heterocycles. The van der Waals surface area contributed by atoms with E-state index in [1.807, 2.05) is 54.6 Å². The number of amides is 2. The summed E-state index contributed by atoms with van der Waals surface area (Å²) in [5, 5.41) is 5.57. The van der Waals surface area contributed by atoms with Crippen LogP contribution in [0.25, 0.3) is 0 Å². The lowest BCUT2D eigenvalue weighted by molar-refractivity contribution is -0.123. The number of fused-ring (bicyclic) bond motifs is 1. The van der Waals surface area contributed by atoms with Gasteiger partial charge in [-0.15, -0.1) is 0 Å². The molecule has 0 spiro atoms. The quantitative estimate of drug-likeness (QED) is 0.424. The number of rotatable bonds is 9. The number of benzene rings is 3. The zero-order valence-corrected chi connectivity index (χ0v) is 20.1. The second-order valence-electron chi connectivity index (χ2n) is 8.30. The molecule has 0 fully saturated rings. The van der Waals surface area contributed by atoms with E-state index in [-0.39, 0.29) is 23.8 Å². The summed E-state index contributed by atoms with van der Waals surface area (Å²) in [6.07, 6.45) is 0.942. The molecule has 3 N–H and O–H groups in total. The standard InChI is InChI=1S/C26H27N3O5S/c1-34-21-9-5-8-19(14-21)17-27-26(31)24(15-18-6-3-2-4-7-18)29-35(32,33)22-11-12-23-20(16-22)10-13-25(30)28-23/h2-9,11-12,14,16,24,29H,10,13,15,17H2,1H3,(H,27,31)(H,28,30)/t24-/m0/s1. The first-order valence-electron chi connectivity index (χ1n) is 11.2. The van der Waals surface area contributed by atoms with Gasteiger partial charge in [-0.05, 0) is 59.9 Å². The Labute approximate surface area is 204 Å². The molecule has 0 aliphatic carbocycles. The summed E-state index contributed by atoms with van der Waals surface area (Å²) < 4.78 is 34.3. The number of ether oxygens (including phenoxy) is 1. The number of hydrogen-bond donors (Lipinski definition) is 3. The molecule has 3 aromatic rings. The van der Waals surface area contributed by atoms with Crippen molar-refractivity contribution in [2.24, 2.45) is 0 Å². The van der Waals surface area contributed by atoms with E-state index in [1.54, 1.807) is 19.2 Å². The first-order valence-corrected chi connectivity index (χ1v) is 12.7. The highest BCUT2D eigenvalue weighted by Gasteiger charge is 2.27. The second-order valence-corrected chi connectivity index (χ2v) is 10.0. The highest BCUT2D eigenvalue weighted by Crippen LogP contribution is 2.25. The van der Waals surface area contributed by atoms with E-state index in [9.17, 15) is 18.0 Å². The molecule has 1 atom stereocenters. The van der Waals surface area contributed by atoms with E-state index in [4.69, 9.17) is 4.74 Å². The van der Waals surface area contributed by atoms with Gasteiger partial charge in [-0.1, -0.05) is 42.5 Å². The lowest BCUT2D eigenvalue weighted by atomic mass is 10.0. The Hall–Kier alpha value is -3.69. The Morgan fingerprint density at radius 2 is 1.77 bits per heavy atom. The van der Waals surface area contributed by atoms with Gasteiger partial charge in [0.1, 0.15) is 11.8 Å². The molecule has 182 valence electrons. The zero-order chi connectivity index (χ0) is 24.8. The average molecular weight is 494 g/mol. The highest BCUT2D eigenvalue weighted by atomic mass is 32.2. The van der Waals surface area contributed by atoms with Gasteiger partial charge in [-0.2, -0.15) is 4.72 Å². The molecule has 8 nitrogen and oxygen atoms in total. The van der Waals surface area contributed by atoms with Crippen LogP contribution in [0.2, 0.25) is 0 Å². The summed E-state index contributed by atoms with van der Waals surface area (Å²) in [7, 11) is -2.44. The first kappa shape index (κ1) is 24.4. The number of aryl methyl sites for hydroxylation is 1. The molecule has 0 unspecified atom stereocenters. The molecule has 1 heterocycles. The maximum Gasteiger partial charge on any atom is 0.241 e. The third-order valence-corrected chi connectivity index (χ3v) is 7.25. The number of carbonyl (C=O) groups excluding carboxylic acids is 2. The van der Waals surface area contributed by atoms with Crippen molar-refractivity contribution >= 4 is 27.5 Å². The second kappa shape index (κ2) is 10.7. The van der Waals surface area contributed by atoms with Gasteiger partial charge < -0.3 is 15.4 Å². The van der Waals surface area contributed by atoms with Gasteiger partial charge >= 0.3 is 0 Å². The van der Waals surface area contributed by atoms with Crippen LogP contribution < -0.4 is 20.1 Å². The number of anilines is 1. The minimum Gasteiger partial charge on any atom is -0.497 e. The van der Waals surface area contributed by atoms with Crippen LogP contribution in [0.5, 0.6) is 5.75 Å². The fourth-order valence-electron chi connectivity index (χ4n) is 3.91. The third-order valence-electron chi connectivity index (χ3n) is 5.78. The molecule has 1 aliphatic rings. The van der Waals surface area contributed by atoms with E-state index in [0.717, 1.165) is 16.7 Å². The summed E-state index contributed by atoms with van der Waals surface area (Å²) in [5.74, 6) is 0.134. The summed E-state index contributed by atoms with van der Waals surface area (Å²) in [4.78, 5) is 24.8. The van der Waals surface area contributed by atoms with E-state index >= 15 is 0 Å². The Bertz CT molecular complexity index is 1330. The first-order chi connectivity index (χ1) is 16.8. The van der Waals surface area contributed by atoms with Gasteiger partial charge in [0, 0.05) is 18.7 Å². The predicted molar refractivity (Wildman–Crippen MR) is 132 cm³/mol. The third kappa shape index (κ3) is 6.26. The number of nitrogens with one attached hydrogen (secondary N) is 3. The Morgan fingerprint density at radius 1 is 1.00 bits per heavy atom. The molecule has 1 aliphatic heterocycles. The van der Waals surface area contributed by atoms with Gasteiger partial charge in [0.15, 0.2) is 0 Å². The van der Waals surface area contributed by atoms with Gasteiger partial charge in [0.2, 0.25) is 21.8 Å². The van der Waals surface area contributed by atoms with E-state index in [2.05, 4.69) is 15.4 Å². The predicted octanol–water partition coefficient (Wildman–Crippen LogP) is 2.79. The van der Waals surface area contributed by atoms with Crippen molar-refractivity contribution in [2.45, 2.75) is 36.7 Å². The van der Waals surface area contributed by atoms with E-state index < -0.39 is 22.0 Å². The molecule has 4 rings (SSSR count). The molecule has 0 radical (unpaired) electrons. The molecule has 9 heteroatoms. The summed E-state index contributed by atoms with van der Waals surface area (Å²) in [5.41, 5.74) is 3.01. The number of carbonyl (C=O) groups is 2.